The van der Waals surface area contributed by atoms with Gasteiger partial charge in [0, 0.05) is 5.56 Å². The second kappa shape index (κ2) is 4.94. The molecule has 0 aromatic heterocycles. The van der Waals surface area contributed by atoms with Crippen LogP contribution in [0.1, 0.15) is 17.2 Å². The van der Waals surface area contributed by atoms with Crippen LogP contribution >= 0.6 is 0 Å². The Bertz CT molecular complexity index is 608. The van der Waals surface area contributed by atoms with Crippen molar-refractivity contribution in [1.29, 1.82) is 0 Å². The molecule has 2 aromatic carbocycles. The zero-order valence-corrected chi connectivity index (χ0v) is 10.2. The highest BCUT2D eigenvalue weighted by Crippen LogP contribution is 2.20. The maximum Gasteiger partial charge on any atom is 0.335 e. The van der Waals surface area contributed by atoms with E-state index in [0.29, 0.717) is 0 Å². The third kappa shape index (κ3) is 2.33. The highest BCUT2D eigenvalue weighted by molar-refractivity contribution is 6.08. The minimum atomic E-state index is -0.284. The van der Waals surface area contributed by atoms with Crippen molar-refractivity contribution in [3.05, 3.63) is 71.8 Å². The molecule has 4 heteroatoms. The molecule has 94 valence electrons. The molecule has 2 N–H and O–H groups in total. The molecule has 0 aliphatic carbocycles. The van der Waals surface area contributed by atoms with Crippen molar-refractivity contribution in [3.63, 3.8) is 0 Å². The summed E-state index contributed by atoms with van der Waals surface area (Å²) in [6.45, 7) is 0. The summed E-state index contributed by atoms with van der Waals surface area (Å²) in [5.74, 6) is 0. The number of urea groups is 1. The summed E-state index contributed by atoms with van der Waals surface area (Å²) in [7, 11) is 0. The summed E-state index contributed by atoms with van der Waals surface area (Å²) >= 11 is 0. The zero-order valence-electron chi connectivity index (χ0n) is 10.2. The van der Waals surface area contributed by atoms with E-state index in [1.165, 1.54) is 0 Å². The van der Waals surface area contributed by atoms with Crippen molar-refractivity contribution in [2.45, 2.75) is 6.04 Å². The van der Waals surface area contributed by atoms with Crippen LogP contribution in [0.25, 0.3) is 0 Å². The molecule has 0 saturated carbocycles. The van der Waals surface area contributed by atoms with Gasteiger partial charge in [-0.2, -0.15) is 5.10 Å². The Kier molecular flexibility index (Phi) is 2.98. The van der Waals surface area contributed by atoms with Crippen LogP contribution in [0.3, 0.4) is 0 Å². The first-order valence-electron chi connectivity index (χ1n) is 6.09. The number of hydrogen-bond donors (Lipinski definition) is 2. The Hall–Kier alpha value is -2.62. The quantitative estimate of drug-likeness (QED) is 0.846. The number of carbonyl (C=O) groups excluding carboxylic acids is 1. The Labute approximate surface area is 111 Å². The first-order valence-corrected chi connectivity index (χ1v) is 6.09. The lowest BCUT2D eigenvalue weighted by molar-refractivity contribution is 0.238. The minimum Gasteiger partial charge on any atom is -0.324 e. The summed E-state index contributed by atoms with van der Waals surface area (Å²) < 4.78 is 0. The minimum absolute atomic E-state index is 0.225. The average Bonchev–Trinajstić information content (AvgIpc) is 2.49. The lowest BCUT2D eigenvalue weighted by Crippen LogP contribution is -2.44. The van der Waals surface area contributed by atoms with Crippen LogP contribution in [-0.2, 0) is 0 Å². The predicted octanol–water partition coefficient (Wildman–Crippen LogP) is 2.44. The van der Waals surface area contributed by atoms with E-state index in [2.05, 4.69) is 15.8 Å². The topological polar surface area (TPSA) is 53.5 Å². The van der Waals surface area contributed by atoms with E-state index in [1.54, 1.807) is 0 Å². The van der Waals surface area contributed by atoms with E-state index in [9.17, 15) is 4.79 Å². The van der Waals surface area contributed by atoms with Crippen LogP contribution in [0, 0.1) is 0 Å². The Morgan fingerprint density at radius 1 is 0.895 bits per heavy atom. The number of amides is 2. The van der Waals surface area contributed by atoms with Crippen LogP contribution < -0.4 is 10.7 Å². The molecule has 1 unspecified atom stereocenters. The average molecular weight is 251 g/mol. The molecule has 1 heterocycles. The smallest absolute Gasteiger partial charge is 0.324 e. The summed E-state index contributed by atoms with van der Waals surface area (Å²) in [6.07, 6.45) is 0. The number of hydrazone groups is 1. The van der Waals surface area contributed by atoms with E-state index in [4.69, 9.17) is 0 Å². The third-order valence-electron chi connectivity index (χ3n) is 3.03. The highest BCUT2D eigenvalue weighted by Gasteiger charge is 2.25. The molecule has 0 spiro atoms. The van der Waals surface area contributed by atoms with Crippen molar-refractivity contribution < 1.29 is 4.79 Å². The van der Waals surface area contributed by atoms with Crippen LogP contribution in [0.2, 0.25) is 0 Å². The van der Waals surface area contributed by atoms with E-state index in [0.717, 1.165) is 16.8 Å². The van der Waals surface area contributed by atoms with Gasteiger partial charge in [0.15, 0.2) is 0 Å². The molecular formula is C15H13N3O. The molecule has 1 atom stereocenters. The van der Waals surface area contributed by atoms with Crippen molar-refractivity contribution >= 4 is 11.7 Å². The van der Waals surface area contributed by atoms with Gasteiger partial charge in [-0.15, -0.1) is 0 Å². The normalized spacial score (nSPS) is 18.2. The molecule has 0 saturated heterocycles. The molecular weight excluding hydrogens is 238 g/mol. The fourth-order valence-electron chi connectivity index (χ4n) is 2.13. The number of hydrogen-bond acceptors (Lipinski definition) is 2. The van der Waals surface area contributed by atoms with E-state index in [1.807, 2.05) is 60.7 Å². The lowest BCUT2D eigenvalue weighted by Gasteiger charge is -2.25. The first-order chi connectivity index (χ1) is 9.34. The number of rotatable bonds is 2. The lowest BCUT2D eigenvalue weighted by atomic mass is 9.96. The molecule has 2 aromatic rings. The number of nitrogens with one attached hydrogen (secondary N) is 2. The number of carbonyl (C=O) groups is 1. The summed E-state index contributed by atoms with van der Waals surface area (Å²) in [5, 5.41) is 7.09. The van der Waals surface area contributed by atoms with E-state index >= 15 is 0 Å². The van der Waals surface area contributed by atoms with Gasteiger partial charge < -0.3 is 5.32 Å². The Balaban J connectivity index is 2.03. The number of benzene rings is 2. The molecule has 2 amide bonds. The van der Waals surface area contributed by atoms with Gasteiger partial charge in [-0.05, 0) is 5.56 Å². The van der Waals surface area contributed by atoms with Crippen molar-refractivity contribution in [1.82, 2.24) is 10.7 Å². The monoisotopic (exact) mass is 251 g/mol. The standard InChI is InChI=1S/C15H13N3O/c19-15-16-13(11-7-3-1-4-8-11)14(17-18-15)12-9-5-2-6-10-12/h1-10,13H,(H2,16,18,19). The van der Waals surface area contributed by atoms with Crippen molar-refractivity contribution in [3.8, 4) is 0 Å². The Morgan fingerprint density at radius 2 is 1.53 bits per heavy atom. The molecule has 1 aliphatic rings. The summed E-state index contributed by atoms with van der Waals surface area (Å²) in [5.41, 5.74) is 5.28. The third-order valence-corrected chi connectivity index (χ3v) is 3.03. The van der Waals surface area contributed by atoms with Gasteiger partial charge >= 0.3 is 6.03 Å². The van der Waals surface area contributed by atoms with Crippen molar-refractivity contribution in [2.75, 3.05) is 0 Å². The molecule has 19 heavy (non-hydrogen) atoms. The molecule has 4 nitrogen and oxygen atoms in total. The highest BCUT2D eigenvalue weighted by atomic mass is 16.2. The van der Waals surface area contributed by atoms with Gasteiger partial charge in [0.05, 0.1) is 5.71 Å². The van der Waals surface area contributed by atoms with Gasteiger partial charge in [0.2, 0.25) is 0 Å². The van der Waals surface area contributed by atoms with E-state index < -0.39 is 0 Å². The molecule has 0 radical (unpaired) electrons. The molecule has 0 fully saturated rings. The SMILES string of the molecule is O=C1NN=C(c2ccccc2)C(c2ccccc2)N1. The zero-order chi connectivity index (χ0) is 13.1. The van der Waals surface area contributed by atoms with Crippen LogP contribution in [0.15, 0.2) is 65.8 Å². The molecule has 3 rings (SSSR count). The predicted molar refractivity (Wildman–Crippen MR) is 73.8 cm³/mol. The van der Waals surface area contributed by atoms with Gasteiger partial charge in [-0.25, -0.2) is 10.2 Å². The summed E-state index contributed by atoms with van der Waals surface area (Å²) in [6, 6.07) is 19.1. The van der Waals surface area contributed by atoms with Crippen molar-refractivity contribution in [2.24, 2.45) is 5.10 Å². The first kappa shape index (κ1) is 11.5. The van der Waals surface area contributed by atoms with Crippen LogP contribution in [0.4, 0.5) is 4.79 Å². The van der Waals surface area contributed by atoms with Gasteiger partial charge in [-0.1, -0.05) is 60.7 Å². The fourth-order valence-corrected chi connectivity index (χ4v) is 2.13. The second-order valence-corrected chi connectivity index (χ2v) is 4.29. The fraction of sp³-hybridized carbons (Fsp3) is 0.0667. The van der Waals surface area contributed by atoms with E-state index in [-0.39, 0.29) is 12.1 Å². The van der Waals surface area contributed by atoms with Gasteiger partial charge in [0.1, 0.15) is 6.04 Å². The van der Waals surface area contributed by atoms with Gasteiger partial charge in [0.25, 0.3) is 0 Å². The Morgan fingerprint density at radius 3 is 2.21 bits per heavy atom. The maximum absolute atomic E-state index is 11.5. The van der Waals surface area contributed by atoms with Crippen LogP contribution in [0.5, 0.6) is 0 Å². The molecule has 0 bridgehead atoms. The largest absolute Gasteiger partial charge is 0.335 e. The summed E-state index contributed by atoms with van der Waals surface area (Å²) in [4.78, 5) is 11.5. The second-order valence-electron chi connectivity index (χ2n) is 4.29. The number of nitrogens with zero attached hydrogens (tertiary/aromatic N) is 1. The van der Waals surface area contributed by atoms with Crippen LogP contribution in [-0.4, -0.2) is 11.7 Å². The van der Waals surface area contributed by atoms with Gasteiger partial charge in [-0.3, -0.25) is 0 Å². The maximum atomic E-state index is 11.5. The molecule has 1 aliphatic heterocycles.